The summed E-state index contributed by atoms with van der Waals surface area (Å²) in [5.74, 6) is 0.0513. The Labute approximate surface area is 131 Å². The SMILES string of the molecule is CC[C@@H](C(=O)NCc1cn(C)nc1-c1ccccc1)N(C)C. The number of carbonyl (C=O) groups is 1. The Morgan fingerprint density at radius 2 is 2.00 bits per heavy atom. The summed E-state index contributed by atoms with van der Waals surface area (Å²) in [6, 6.07) is 9.93. The van der Waals surface area contributed by atoms with Crippen molar-refractivity contribution in [3.05, 3.63) is 42.1 Å². The van der Waals surface area contributed by atoms with Crippen molar-refractivity contribution in [2.75, 3.05) is 14.1 Å². The van der Waals surface area contributed by atoms with E-state index >= 15 is 0 Å². The number of carbonyl (C=O) groups excluding carboxylic acids is 1. The number of likely N-dealkylation sites (N-methyl/N-ethyl adjacent to an activating group) is 1. The molecule has 0 radical (unpaired) electrons. The van der Waals surface area contributed by atoms with Gasteiger partial charge < -0.3 is 5.32 Å². The van der Waals surface area contributed by atoms with Gasteiger partial charge in [-0.05, 0) is 20.5 Å². The normalized spacial score (nSPS) is 12.4. The third kappa shape index (κ3) is 3.74. The van der Waals surface area contributed by atoms with Crippen molar-refractivity contribution in [3.63, 3.8) is 0 Å². The molecule has 5 heteroatoms. The summed E-state index contributed by atoms with van der Waals surface area (Å²) in [5, 5.41) is 7.53. The Balaban J connectivity index is 2.13. The van der Waals surface area contributed by atoms with Crippen LogP contribution >= 0.6 is 0 Å². The molecule has 22 heavy (non-hydrogen) atoms. The molecule has 1 amide bonds. The molecule has 0 aliphatic carbocycles. The first kappa shape index (κ1) is 16.2. The van der Waals surface area contributed by atoms with E-state index in [1.807, 2.05) is 69.5 Å². The lowest BCUT2D eigenvalue weighted by Crippen LogP contribution is -2.42. The summed E-state index contributed by atoms with van der Waals surface area (Å²) in [5.41, 5.74) is 3.00. The molecule has 2 rings (SSSR count). The van der Waals surface area contributed by atoms with Crippen LogP contribution in [0.3, 0.4) is 0 Å². The molecular formula is C17H24N4O. The highest BCUT2D eigenvalue weighted by Gasteiger charge is 2.19. The lowest BCUT2D eigenvalue weighted by atomic mass is 10.1. The molecule has 0 fully saturated rings. The molecule has 0 spiro atoms. The second kappa shape index (κ2) is 7.22. The van der Waals surface area contributed by atoms with Gasteiger partial charge in [0.05, 0.1) is 11.7 Å². The monoisotopic (exact) mass is 300 g/mol. The molecule has 1 N–H and O–H groups in total. The highest BCUT2D eigenvalue weighted by atomic mass is 16.2. The number of aryl methyl sites for hydroxylation is 1. The van der Waals surface area contributed by atoms with E-state index in [4.69, 9.17) is 0 Å². The Morgan fingerprint density at radius 1 is 1.32 bits per heavy atom. The van der Waals surface area contributed by atoms with Gasteiger partial charge in [-0.3, -0.25) is 14.4 Å². The highest BCUT2D eigenvalue weighted by Crippen LogP contribution is 2.21. The summed E-state index contributed by atoms with van der Waals surface area (Å²) in [6.07, 6.45) is 2.75. The fraction of sp³-hybridized carbons (Fsp3) is 0.412. The van der Waals surface area contributed by atoms with Crippen molar-refractivity contribution in [3.8, 4) is 11.3 Å². The van der Waals surface area contributed by atoms with Crippen molar-refractivity contribution < 1.29 is 4.79 Å². The summed E-state index contributed by atoms with van der Waals surface area (Å²) < 4.78 is 1.78. The Morgan fingerprint density at radius 3 is 2.59 bits per heavy atom. The third-order valence-corrected chi connectivity index (χ3v) is 3.72. The number of nitrogens with zero attached hydrogens (tertiary/aromatic N) is 3. The number of benzene rings is 1. The Hall–Kier alpha value is -2.14. The Bertz CT molecular complexity index is 619. The number of nitrogens with one attached hydrogen (secondary N) is 1. The van der Waals surface area contributed by atoms with Crippen LogP contribution < -0.4 is 5.32 Å². The predicted molar refractivity (Wildman–Crippen MR) is 88.3 cm³/mol. The van der Waals surface area contributed by atoms with E-state index < -0.39 is 0 Å². The van der Waals surface area contributed by atoms with Crippen LogP contribution in [0.25, 0.3) is 11.3 Å². The van der Waals surface area contributed by atoms with Crippen molar-refractivity contribution in [1.82, 2.24) is 20.0 Å². The third-order valence-electron chi connectivity index (χ3n) is 3.72. The van der Waals surface area contributed by atoms with Crippen LogP contribution in [0.1, 0.15) is 18.9 Å². The standard InChI is InChI=1S/C17H24N4O/c1-5-15(20(2)3)17(22)18-11-14-12-21(4)19-16(14)13-9-7-6-8-10-13/h6-10,12,15H,5,11H2,1-4H3,(H,18,22)/t15-/m0/s1. The first-order valence-electron chi connectivity index (χ1n) is 7.55. The fourth-order valence-electron chi connectivity index (χ4n) is 2.59. The number of hydrogen-bond acceptors (Lipinski definition) is 3. The first-order valence-corrected chi connectivity index (χ1v) is 7.55. The average Bonchev–Trinajstić information content (AvgIpc) is 2.87. The quantitative estimate of drug-likeness (QED) is 0.888. The van der Waals surface area contributed by atoms with Crippen LogP contribution in [0.15, 0.2) is 36.5 Å². The number of amides is 1. The zero-order valence-electron chi connectivity index (χ0n) is 13.7. The van der Waals surface area contributed by atoms with Gasteiger partial charge in [-0.25, -0.2) is 0 Å². The van der Waals surface area contributed by atoms with Crippen LogP contribution in [-0.2, 0) is 18.4 Å². The maximum absolute atomic E-state index is 12.3. The van der Waals surface area contributed by atoms with Crippen molar-refractivity contribution in [1.29, 1.82) is 0 Å². The van der Waals surface area contributed by atoms with E-state index in [1.54, 1.807) is 4.68 Å². The van der Waals surface area contributed by atoms with Crippen LogP contribution in [0, 0.1) is 0 Å². The maximum atomic E-state index is 12.3. The van der Waals surface area contributed by atoms with Gasteiger partial charge in [-0.1, -0.05) is 37.3 Å². The smallest absolute Gasteiger partial charge is 0.237 e. The summed E-state index contributed by atoms with van der Waals surface area (Å²) in [7, 11) is 5.74. The molecule has 0 aliphatic rings. The van der Waals surface area contributed by atoms with E-state index in [2.05, 4.69) is 10.4 Å². The van der Waals surface area contributed by atoms with Gasteiger partial charge in [0, 0.05) is 30.9 Å². The first-order chi connectivity index (χ1) is 10.5. The molecule has 0 saturated carbocycles. The molecule has 0 saturated heterocycles. The van der Waals surface area contributed by atoms with Crippen LogP contribution in [0.2, 0.25) is 0 Å². The van der Waals surface area contributed by atoms with Crippen LogP contribution in [0.5, 0.6) is 0 Å². The van der Waals surface area contributed by atoms with Gasteiger partial charge in [0.2, 0.25) is 5.91 Å². The predicted octanol–water partition coefficient (Wildman–Crippen LogP) is 2.04. The van der Waals surface area contributed by atoms with Crippen molar-refractivity contribution in [2.24, 2.45) is 7.05 Å². The molecule has 1 atom stereocenters. The minimum Gasteiger partial charge on any atom is -0.351 e. The molecule has 1 heterocycles. The zero-order valence-corrected chi connectivity index (χ0v) is 13.7. The van der Waals surface area contributed by atoms with Gasteiger partial charge in [-0.15, -0.1) is 0 Å². The minimum absolute atomic E-state index is 0.0513. The van der Waals surface area contributed by atoms with Crippen LogP contribution in [0.4, 0.5) is 0 Å². The number of aromatic nitrogens is 2. The summed E-state index contributed by atoms with van der Waals surface area (Å²) in [4.78, 5) is 14.2. The van der Waals surface area contributed by atoms with E-state index in [9.17, 15) is 4.79 Å². The van der Waals surface area contributed by atoms with E-state index in [-0.39, 0.29) is 11.9 Å². The van der Waals surface area contributed by atoms with Gasteiger partial charge in [0.1, 0.15) is 0 Å². The zero-order chi connectivity index (χ0) is 16.1. The van der Waals surface area contributed by atoms with Gasteiger partial charge >= 0.3 is 0 Å². The highest BCUT2D eigenvalue weighted by molar-refractivity contribution is 5.81. The van der Waals surface area contributed by atoms with Gasteiger partial charge in [0.15, 0.2) is 0 Å². The molecule has 1 aromatic carbocycles. The summed E-state index contributed by atoms with van der Waals surface area (Å²) >= 11 is 0. The van der Waals surface area contributed by atoms with E-state index in [0.29, 0.717) is 6.54 Å². The molecule has 0 bridgehead atoms. The fourth-order valence-corrected chi connectivity index (χ4v) is 2.59. The van der Waals surface area contributed by atoms with Crippen LogP contribution in [-0.4, -0.2) is 40.7 Å². The molecule has 0 unspecified atom stereocenters. The molecule has 5 nitrogen and oxygen atoms in total. The van der Waals surface area contributed by atoms with E-state index in [1.165, 1.54) is 0 Å². The molecule has 1 aromatic heterocycles. The van der Waals surface area contributed by atoms with Gasteiger partial charge in [-0.2, -0.15) is 5.10 Å². The minimum atomic E-state index is -0.100. The van der Waals surface area contributed by atoms with E-state index in [0.717, 1.165) is 23.2 Å². The maximum Gasteiger partial charge on any atom is 0.237 e. The molecular weight excluding hydrogens is 276 g/mol. The lowest BCUT2D eigenvalue weighted by molar-refractivity contribution is -0.125. The lowest BCUT2D eigenvalue weighted by Gasteiger charge is -2.21. The van der Waals surface area contributed by atoms with Crippen molar-refractivity contribution >= 4 is 5.91 Å². The van der Waals surface area contributed by atoms with Gasteiger partial charge in [0.25, 0.3) is 0 Å². The Kier molecular flexibility index (Phi) is 5.33. The second-order valence-electron chi connectivity index (χ2n) is 5.65. The number of hydrogen-bond donors (Lipinski definition) is 1. The van der Waals surface area contributed by atoms with Crippen molar-refractivity contribution in [2.45, 2.75) is 25.9 Å². The number of rotatable bonds is 6. The molecule has 118 valence electrons. The average molecular weight is 300 g/mol. The molecule has 2 aromatic rings. The topological polar surface area (TPSA) is 50.2 Å². The summed E-state index contributed by atoms with van der Waals surface area (Å²) in [6.45, 7) is 2.50. The second-order valence-corrected chi connectivity index (χ2v) is 5.65. The largest absolute Gasteiger partial charge is 0.351 e. The molecule has 0 aliphatic heterocycles.